The molecule has 2 aromatic heterocycles. The number of aromatic amines is 1. The third-order valence-corrected chi connectivity index (χ3v) is 5.26. The molecule has 3 heterocycles. The van der Waals surface area contributed by atoms with Crippen LogP contribution >= 0.6 is 11.3 Å². The molecular formula is C17H15N3O2S. The van der Waals surface area contributed by atoms with Crippen molar-refractivity contribution in [2.24, 2.45) is 0 Å². The van der Waals surface area contributed by atoms with E-state index in [0.29, 0.717) is 16.5 Å². The molecule has 0 aliphatic carbocycles. The lowest BCUT2D eigenvalue weighted by Crippen LogP contribution is -2.32. The number of H-pyrrole nitrogens is 1. The molecule has 1 N–H and O–H groups in total. The van der Waals surface area contributed by atoms with Gasteiger partial charge in [-0.1, -0.05) is 24.3 Å². The first kappa shape index (κ1) is 14.1. The van der Waals surface area contributed by atoms with Gasteiger partial charge in [0.25, 0.3) is 11.5 Å². The lowest BCUT2D eigenvalue weighted by atomic mass is 10.1. The summed E-state index contributed by atoms with van der Waals surface area (Å²) in [6, 6.07) is 11.3. The minimum absolute atomic E-state index is 0.106. The summed E-state index contributed by atoms with van der Waals surface area (Å²) in [6.45, 7) is 0.719. The number of nitrogens with one attached hydrogen (secondary N) is 1. The molecule has 23 heavy (non-hydrogen) atoms. The molecule has 4 rings (SSSR count). The Balaban J connectivity index is 1.78. The van der Waals surface area contributed by atoms with Crippen LogP contribution < -0.4 is 5.56 Å². The SMILES string of the molecule is O=C(c1n[nH]c(=O)c2ccccc12)N1CCC[C@@H]1c1cccs1. The van der Waals surface area contributed by atoms with Crippen LogP contribution in [0.15, 0.2) is 46.6 Å². The highest BCUT2D eigenvalue weighted by Crippen LogP contribution is 2.35. The zero-order chi connectivity index (χ0) is 15.8. The van der Waals surface area contributed by atoms with Crippen LogP contribution in [0.5, 0.6) is 0 Å². The third kappa shape index (κ3) is 2.35. The zero-order valence-corrected chi connectivity index (χ0v) is 13.2. The van der Waals surface area contributed by atoms with Crippen LogP contribution in [-0.4, -0.2) is 27.5 Å². The van der Waals surface area contributed by atoms with Crippen LogP contribution in [0, 0.1) is 0 Å². The lowest BCUT2D eigenvalue weighted by Gasteiger charge is -2.23. The Morgan fingerprint density at radius 3 is 2.83 bits per heavy atom. The maximum Gasteiger partial charge on any atom is 0.275 e. The van der Waals surface area contributed by atoms with Crippen LogP contribution in [0.2, 0.25) is 0 Å². The Kier molecular flexibility index (Phi) is 3.46. The van der Waals surface area contributed by atoms with Crippen molar-refractivity contribution < 1.29 is 4.79 Å². The second kappa shape index (κ2) is 5.62. The van der Waals surface area contributed by atoms with Gasteiger partial charge in [0, 0.05) is 16.8 Å². The molecule has 0 spiro atoms. The normalized spacial score (nSPS) is 17.7. The van der Waals surface area contributed by atoms with Gasteiger partial charge in [-0.05, 0) is 30.4 Å². The number of amides is 1. The van der Waals surface area contributed by atoms with Gasteiger partial charge in [0.1, 0.15) is 0 Å². The Bertz CT molecular complexity index is 917. The van der Waals surface area contributed by atoms with Crippen LogP contribution in [-0.2, 0) is 0 Å². The number of thiophene rings is 1. The fourth-order valence-corrected chi connectivity index (χ4v) is 4.07. The van der Waals surface area contributed by atoms with E-state index >= 15 is 0 Å². The summed E-state index contributed by atoms with van der Waals surface area (Å²) in [5, 5.41) is 9.63. The molecule has 1 aliphatic heterocycles. The van der Waals surface area contributed by atoms with Crippen molar-refractivity contribution in [3.05, 3.63) is 62.7 Å². The Morgan fingerprint density at radius 2 is 2.04 bits per heavy atom. The van der Waals surface area contributed by atoms with E-state index < -0.39 is 0 Å². The molecule has 0 bridgehead atoms. The van der Waals surface area contributed by atoms with Gasteiger partial charge in [0.2, 0.25) is 0 Å². The molecule has 1 atom stereocenters. The number of likely N-dealkylation sites (tertiary alicyclic amines) is 1. The van der Waals surface area contributed by atoms with Crippen LogP contribution in [0.25, 0.3) is 10.8 Å². The van der Waals surface area contributed by atoms with E-state index in [1.807, 2.05) is 22.4 Å². The van der Waals surface area contributed by atoms with Crippen molar-refractivity contribution in [1.82, 2.24) is 15.1 Å². The standard InChI is InChI=1S/C17H15N3O2S/c21-16-12-6-2-1-5-11(12)15(18-19-16)17(22)20-9-3-7-13(20)14-8-4-10-23-14/h1-2,4-6,8,10,13H,3,7,9H2,(H,19,21)/t13-/m1/s1. The summed E-state index contributed by atoms with van der Waals surface area (Å²) in [4.78, 5) is 28.0. The summed E-state index contributed by atoms with van der Waals surface area (Å²) >= 11 is 1.67. The van der Waals surface area contributed by atoms with Crippen molar-refractivity contribution in [3.8, 4) is 0 Å². The van der Waals surface area contributed by atoms with E-state index in [1.165, 1.54) is 4.88 Å². The van der Waals surface area contributed by atoms with Crippen LogP contribution in [0.1, 0.15) is 34.2 Å². The first-order valence-electron chi connectivity index (χ1n) is 7.57. The number of benzene rings is 1. The molecule has 1 amide bonds. The first-order valence-corrected chi connectivity index (χ1v) is 8.45. The van der Waals surface area contributed by atoms with Gasteiger partial charge in [-0.25, -0.2) is 5.10 Å². The van der Waals surface area contributed by atoms with Gasteiger partial charge >= 0.3 is 0 Å². The second-order valence-electron chi connectivity index (χ2n) is 5.62. The summed E-state index contributed by atoms with van der Waals surface area (Å²) < 4.78 is 0. The number of rotatable bonds is 2. The van der Waals surface area contributed by atoms with Gasteiger partial charge in [-0.3, -0.25) is 9.59 Å². The maximum atomic E-state index is 13.0. The molecule has 6 heteroatoms. The summed E-state index contributed by atoms with van der Waals surface area (Å²) in [5.74, 6) is -0.117. The van der Waals surface area contributed by atoms with E-state index in [1.54, 1.807) is 29.5 Å². The fraction of sp³-hybridized carbons (Fsp3) is 0.235. The summed E-state index contributed by atoms with van der Waals surface area (Å²) in [7, 11) is 0. The van der Waals surface area contributed by atoms with Gasteiger partial charge in [-0.15, -0.1) is 11.3 Å². The summed E-state index contributed by atoms with van der Waals surface area (Å²) in [6.07, 6.45) is 1.95. The third-order valence-electron chi connectivity index (χ3n) is 4.28. The Morgan fingerprint density at radius 1 is 1.22 bits per heavy atom. The summed E-state index contributed by atoms with van der Waals surface area (Å²) in [5.41, 5.74) is 0.0528. The second-order valence-corrected chi connectivity index (χ2v) is 6.60. The van der Waals surface area contributed by atoms with Crippen molar-refractivity contribution in [1.29, 1.82) is 0 Å². The highest BCUT2D eigenvalue weighted by Gasteiger charge is 2.32. The minimum atomic E-state index is -0.270. The van der Waals surface area contributed by atoms with Crippen LogP contribution in [0.3, 0.4) is 0 Å². The number of nitrogens with zero attached hydrogens (tertiary/aromatic N) is 2. The molecule has 1 fully saturated rings. The average Bonchev–Trinajstić information content (AvgIpc) is 3.26. The number of hydrogen-bond acceptors (Lipinski definition) is 4. The maximum absolute atomic E-state index is 13.0. The molecule has 116 valence electrons. The quantitative estimate of drug-likeness (QED) is 0.788. The number of aromatic nitrogens is 2. The monoisotopic (exact) mass is 325 g/mol. The van der Waals surface area contributed by atoms with Crippen molar-refractivity contribution >= 4 is 28.0 Å². The van der Waals surface area contributed by atoms with Gasteiger partial charge in [-0.2, -0.15) is 5.10 Å². The van der Waals surface area contributed by atoms with Crippen molar-refractivity contribution in [2.75, 3.05) is 6.54 Å². The predicted octanol–water partition coefficient (Wildman–Crippen LogP) is 2.96. The molecule has 0 saturated carbocycles. The van der Waals surface area contributed by atoms with Gasteiger partial charge < -0.3 is 4.90 Å². The van der Waals surface area contributed by atoms with E-state index in [-0.39, 0.29) is 17.5 Å². The molecular weight excluding hydrogens is 310 g/mol. The number of fused-ring (bicyclic) bond motifs is 1. The minimum Gasteiger partial charge on any atom is -0.329 e. The topological polar surface area (TPSA) is 66.1 Å². The highest BCUT2D eigenvalue weighted by molar-refractivity contribution is 7.10. The molecule has 5 nitrogen and oxygen atoms in total. The van der Waals surface area contributed by atoms with E-state index in [4.69, 9.17) is 0 Å². The average molecular weight is 325 g/mol. The molecule has 1 saturated heterocycles. The van der Waals surface area contributed by atoms with Gasteiger partial charge in [0.05, 0.1) is 11.4 Å². The van der Waals surface area contributed by atoms with E-state index in [2.05, 4.69) is 16.3 Å². The number of carbonyl (C=O) groups is 1. The predicted molar refractivity (Wildman–Crippen MR) is 89.7 cm³/mol. The molecule has 1 aliphatic rings. The highest BCUT2D eigenvalue weighted by atomic mass is 32.1. The molecule has 0 unspecified atom stereocenters. The smallest absolute Gasteiger partial charge is 0.275 e. The molecule has 3 aromatic rings. The molecule has 1 aromatic carbocycles. The fourth-order valence-electron chi connectivity index (χ4n) is 3.20. The van der Waals surface area contributed by atoms with Crippen molar-refractivity contribution in [2.45, 2.75) is 18.9 Å². The number of hydrogen-bond donors (Lipinski definition) is 1. The van der Waals surface area contributed by atoms with E-state index in [0.717, 1.165) is 19.4 Å². The lowest BCUT2D eigenvalue weighted by molar-refractivity contribution is 0.0733. The number of carbonyl (C=O) groups excluding carboxylic acids is 1. The van der Waals surface area contributed by atoms with Crippen LogP contribution in [0.4, 0.5) is 0 Å². The first-order chi connectivity index (χ1) is 11.3. The van der Waals surface area contributed by atoms with Gasteiger partial charge in [0.15, 0.2) is 5.69 Å². The van der Waals surface area contributed by atoms with E-state index in [9.17, 15) is 9.59 Å². The largest absolute Gasteiger partial charge is 0.329 e. The zero-order valence-electron chi connectivity index (χ0n) is 12.4. The Hall–Kier alpha value is -2.47. The van der Waals surface area contributed by atoms with Crippen molar-refractivity contribution in [3.63, 3.8) is 0 Å². The molecule has 0 radical (unpaired) electrons. The Labute approximate surface area is 136 Å².